The summed E-state index contributed by atoms with van der Waals surface area (Å²) in [4.78, 5) is 25.5. The number of nitrogens with zero attached hydrogens (tertiary/aromatic N) is 1. The number of ether oxygens (including phenoxy) is 1. The zero-order chi connectivity index (χ0) is 14.7. The molecule has 6 nitrogen and oxygen atoms in total. The Morgan fingerprint density at radius 1 is 1.50 bits per heavy atom. The Labute approximate surface area is 117 Å². The third-order valence-corrected chi connectivity index (χ3v) is 3.09. The molecule has 1 aliphatic rings. The van der Waals surface area contributed by atoms with Gasteiger partial charge in [-0.15, -0.1) is 0 Å². The molecule has 1 heterocycles. The van der Waals surface area contributed by atoms with Crippen LogP contribution in [0.25, 0.3) is 0 Å². The standard InChI is InChI=1S/C14H19N3O3/c1-9-3-4-12-11(7-9)17(14(19)10(2)20-12)8-13(18)16-6-5-15/h3-4,7,10H,5-6,8,15H2,1-2H3,(H,16,18). The molecule has 1 aromatic rings. The molecule has 2 rings (SSSR count). The molecule has 0 aromatic heterocycles. The molecule has 0 fully saturated rings. The van der Waals surface area contributed by atoms with Crippen molar-refractivity contribution in [1.29, 1.82) is 0 Å². The predicted octanol–water partition coefficient (Wildman–Crippen LogP) is 0.184. The minimum Gasteiger partial charge on any atom is -0.479 e. The third-order valence-electron chi connectivity index (χ3n) is 3.09. The molecular formula is C14H19N3O3. The van der Waals surface area contributed by atoms with Crippen LogP contribution in [0.15, 0.2) is 18.2 Å². The molecule has 1 atom stereocenters. The van der Waals surface area contributed by atoms with Gasteiger partial charge in [0.25, 0.3) is 5.91 Å². The fraction of sp³-hybridized carbons (Fsp3) is 0.429. The van der Waals surface area contributed by atoms with E-state index in [0.717, 1.165) is 5.56 Å². The lowest BCUT2D eigenvalue weighted by molar-refractivity contribution is -0.128. The van der Waals surface area contributed by atoms with Gasteiger partial charge in [-0.25, -0.2) is 0 Å². The molecular weight excluding hydrogens is 258 g/mol. The molecule has 2 amide bonds. The van der Waals surface area contributed by atoms with E-state index in [2.05, 4.69) is 5.32 Å². The lowest BCUT2D eigenvalue weighted by Gasteiger charge is -2.32. The van der Waals surface area contributed by atoms with Gasteiger partial charge in [0.1, 0.15) is 12.3 Å². The SMILES string of the molecule is Cc1ccc2c(c1)N(CC(=O)NCCN)C(=O)C(C)O2. The van der Waals surface area contributed by atoms with Gasteiger partial charge in [-0.3, -0.25) is 14.5 Å². The van der Waals surface area contributed by atoms with Crippen LogP contribution in [-0.2, 0) is 9.59 Å². The van der Waals surface area contributed by atoms with Crippen molar-refractivity contribution in [3.8, 4) is 5.75 Å². The number of rotatable bonds is 4. The maximum absolute atomic E-state index is 12.2. The number of amides is 2. The summed E-state index contributed by atoms with van der Waals surface area (Å²) in [7, 11) is 0. The highest BCUT2D eigenvalue weighted by atomic mass is 16.5. The van der Waals surface area contributed by atoms with Crippen LogP contribution in [0.4, 0.5) is 5.69 Å². The highest BCUT2D eigenvalue weighted by Gasteiger charge is 2.32. The number of benzene rings is 1. The number of hydrogen-bond donors (Lipinski definition) is 2. The zero-order valence-corrected chi connectivity index (χ0v) is 11.7. The first kappa shape index (κ1) is 14.3. The molecule has 108 valence electrons. The predicted molar refractivity (Wildman–Crippen MR) is 75.7 cm³/mol. The third kappa shape index (κ3) is 2.91. The van der Waals surface area contributed by atoms with Crippen molar-refractivity contribution in [3.05, 3.63) is 23.8 Å². The minimum atomic E-state index is -0.590. The van der Waals surface area contributed by atoms with E-state index < -0.39 is 6.10 Å². The van der Waals surface area contributed by atoms with E-state index in [1.165, 1.54) is 4.90 Å². The van der Waals surface area contributed by atoms with Gasteiger partial charge in [-0.2, -0.15) is 0 Å². The minimum absolute atomic E-state index is 0.0248. The lowest BCUT2D eigenvalue weighted by Crippen LogP contribution is -2.49. The van der Waals surface area contributed by atoms with Crippen LogP contribution >= 0.6 is 0 Å². The van der Waals surface area contributed by atoms with Crippen LogP contribution < -0.4 is 20.7 Å². The number of carbonyl (C=O) groups is 2. The first-order chi connectivity index (χ1) is 9.52. The van der Waals surface area contributed by atoms with Crippen molar-refractivity contribution in [2.45, 2.75) is 20.0 Å². The average molecular weight is 277 g/mol. The topological polar surface area (TPSA) is 84.7 Å². The van der Waals surface area contributed by atoms with Gasteiger partial charge in [-0.05, 0) is 31.5 Å². The quantitative estimate of drug-likeness (QED) is 0.822. The second-order valence-corrected chi connectivity index (χ2v) is 4.79. The van der Waals surface area contributed by atoms with Crippen LogP contribution in [0.5, 0.6) is 5.75 Å². The Bertz CT molecular complexity index is 530. The van der Waals surface area contributed by atoms with E-state index in [1.54, 1.807) is 6.92 Å². The van der Waals surface area contributed by atoms with Gasteiger partial charge in [-0.1, -0.05) is 6.07 Å². The molecule has 1 unspecified atom stereocenters. The van der Waals surface area contributed by atoms with Crippen LogP contribution in [-0.4, -0.2) is 37.6 Å². The molecule has 3 N–H and O–H groups in total. The summed E-state index contributed by atoms with van der Waals surface area (Å²) in [5.74, 6) is 0.172. The molecule has 0 saturated heterocycles. The maximum atomic E-state index is 12.2. The summed E-state index contributed by atoms with van der Waals surface area (Å²) in [5, 5.41) is 2.66. The first-order valence-corrected chi connectivity index (χ1v) is 6.58. The normalized spacial score (nSPS) is 17.4. The van der Waals surface area contributed by atoms with E-state index in [-0.39, 0.29) is 18.4 Å². The Hall–Kier alpha value is -2.08. The van der Waals surface area contributed by atoms with Crippen LogP contribution in [0.1, 0.15) is 12.5 Å². The molecule has 20 heavy (non-hydrogen) atoms. The van der Waals surface area contributed by atoms with Crippen molar-refractivity contribution in [2.24, 2.45) is 5.73 Å². The Kier molecular flexibility index (Phi) is 4.24. The van der Waals surface area contributed by atoms with E-state index in [0.29, 0.717) is 24.5 Å². The fourth-order valence-electron chi connectivity index (χ4n) is 2.09. The molecule has 0 spiro atoms. The van der Waals surface area contributed by atoms with Crippen molar-refractivity contribution in [2.75, 3.05) is 24.5 Å². The second kappa shape index (κ2) is 5.92. The van der Waals surface area contributed by atoms with Crippen molar-refractivity contribution in [1.82, 2.24) is 5.32 Å². The number of carbonyl (C=O) groups excluding carboxylic acids is 2. The highest BCUT2D eigenvalue weighted by Crippen LogP contribution is 2.34. The van der Waals surface area contributed by atoms with Crippen molar-refractivity contribution >= 4 is 17.5 Å². The number of anilines is 1. The first-order valence-electron chi connectivity index (χ1n) is 6.58. The van der Waals surface area contributed by atoms with Crippen LogP contribution in [0.2, 0.25) is 0 Å². The second-order valence-electron chi connectivity index (χ2n) is 4.79. The van der Waals surface area contributed by atoms with Crippen LogP contribution in [0, 0.1) is 6.92 Å². The molecule has 1 aromatic carbocycles. The van der Waals surface area contributed by atoms with E-state index in [9.17, 15) is 9.59 Å². The van der Waals surface area contributed by atoms with Crippen LogP contribution in [0.3, 0.4) is 0 Å². The molecule has 0 aliphatic carbocycles. The molecule has 6 heteroatoms. The number of hydrogen-bond acceptors (Lipinski definition) is 4. The Morgan fingerprint density at radius 2 is 2.25 bits per heavy atom. The molecule has 0 bridgehead atoms. The Morgan fingerprint density at radius 3 is 2.95 bits per heavy atom. The zero-order valence-electron chi connectivity index (χ0n) is 11.7. The lowest BCUT2D eigenvalue weighted by atomic mass is 10.1. The van der Waals surface area contributed by atoms with E-state index in [1.807, 2.05) is 25.1 Å². The summed E-state index contributed by atoms with van der Waals surface area (Å²) in [6.45, 7) is 4.34. The maximum Gasteiger partial charge on any atom is 0.268 e. The summed E-state index contributed by atoms with van der Waals surface area (Å²) in [6.07, 6.45) is -0.590. The number of aryl methyl sites for hydroxylation is 1. The monoisotopic (exact) mass is 277 g/mol. The van der Waals surface area contributed by atoms with Gasteiger partial charge < -0.3 is 15.8 Å². The number of fused-ring (bicyclic) bond motifs is 1. The fourth-order valence-corrected chi connectivity index (χ4v) is 2.09. The largest absolute Gasteiger partial charge is 0.479 e. The number of nitrogens with two attached hydrogens (primary N) is 1. The van der Waals surface area contributed by atoms with Gasteiger partial charge in [0.05, 0.1) is 5.69 Å². The summed E-state index contributed by atoms with van der Waals surface area (Å²) in [6, 6.07) is 5.57. The van der Waals surface area contributed by atoms with Gasteiger partial charge in [0.15, 0.2) is 6.10 Å². The summed E-state index contributed by atoms with van der Waals surface area (Å²) in [5.41, 5.74) is 6.98. The number of nitrogens with one attached hydrogen (secondary N) is 1. The van der Waals surface area contributed by atoms with E-state index >= 15 is 0 Å². The van der Waals surface area contributed by atoms with Gasteiger partial charge in [0.2, 0.25) is 5.91 Å². The highest BCUT2D eigenvalue weighted by molar-refractivity contribution is 6.03. The van der Waals surface area contributed by atoms with Crippen molar-refractivity contribution in [3.63, 3.8) is 0 Å². The summed E-state index contributed by atoms with van der Waals surface area (Å²) < 4.78 is 5.55. The molecule has 1 aliphatic heterocycles. The Balaban J connectivity index is 2.24. The smallest absolute Gasteiger partial charge is 0.268 e. The van der Waals surface area contributed by atoms with E-state index in [4.69, 9.17) is 10.5 Å². The molecule has 0 radical (unpaired) electrons. The van der Waals surface area contributed by atoms with Gasteiger partial charge in [0, 0.05) is 13.1 Å². The summed E-state index contributed by atoms with van der Waals surface area (Å²) >= 11 is 0. The molecule has 0 saturated carbocycles. The van der Waals surface area contributed by atoms with Crippen molar-refractivity contribution < 1.29 is 14.3 Å². The van der Waals surface area contributed by atoms with Gasteiger partial charge >= 0.3 is 0 Å². The average Bonchev–Trinajstić information content (AvgIpc) is 2.42.